The van der Waals surface area contributed by atoms with Crippen molar-refractivity contribution in [3.8, 4) is 0 Å². The molecule has 2 bridgehead atoms. The van der Waals surface area contributed by atoms with Gasteiger partial charge in [-0.3, -0.25) is 14.4 Å². The first-order valence-electron chi connectivity index (χ1n) is 9.26. The number of methoxy groups -OCH3 is 1. The van der Waals surface area contributed by atoms with Crippen LogP contribution in [0.2, 0.25) is 0 Å². The Bertz CT molecular complexity index is 860. The van der Waals surface area contributed by atoms with Gasteiger partial charge >= 0.3 is 5.97 Å². The topological polar surface area (TPSA) is 86.1 Å². The highest BCUT2D eigenvalue weighted by Gasteiger charge is 2.75. The molecule has 3 fully saturated rings. The minimum absolute atomic E-state index is 0.0717. The fourth-order valence-corrected chi connectivity index (χ4v) is 5.77. The zero-order valence-corrected chi connectivity index (χ0v) is 15.3. The van der Waals surface area contributed by atoms with Crippen LogP contribution in [0.3, 0.4) is 0 Å². The number of carbonyl (C=O) groups excluding carboxylic acids is 3. The minimum Gasteiger partial charge on any atom is -0.469 e. The monoisotopic (exact) mass is 371 g/mol. The van der Waals surface area contributed by atoms with Crippen LogP contribution in [0.5, 0.6) is 0 Å². The van der Waals surface area contributed by atoms with E-state index in [1.165, 1.54) is 7.11 Å². The van der Waals surface area contributed by atoms with E-state index in [2.05, 4.69) is 0 Å². The summed E-state index contributed by atoms with van der Waals surface area (Å²) in [6.45, 7) is 3.67. The molecule has 0 aliphatic carbocycles. The number of carbonyl (C=O) groups is 3. The highest BCUT2D eigenvalue weighted by Crippen LogP contribution is 2.60. The minimum atomic E-state index is -0.972. The summed E-state index contributed by atoms with van der Waals surface area (Å²) >= 11 is 0. The summed E-state index contributed by atoms with van der Waals surface area (Å²) in [5.41, 5.74) is -0.972. The van der Waals surface area contributed by atoms with E-state index in [0.29, 0.717) is 5.76 Å². The highest BCUT2D eigenvalue weighted by molar-refractivity contribution is 5.96. The number of amides is 1. The normalized spacial score (nSPS) is 44.6. The first-order chi connectivity index (χ1) is 12.9. The molecule has 8 atom stereocenters. The van der Waals surface area contributed by atoms with Crippen LogP contribution in [-0.2, 0) is 23.9 Å². The quantitative estimate of drug-likeness (QED) is 0.578. The average Bonchev–Trinajstić information content (AvgIpc) is 3.42. The van der Waals surface area contributed by atoms with Crippen molar-refractivity contribution in [3.63, 3.8) is 0 Å². The van der Waals surface area contributed by atoms with Gasteiger partial charge in [-0.05, 0) is 12.1 Å². The number of esters is 1. The highest BCUT2D eigenvalue weighted by atomic mass is 16.5. The fourth-order valence-electron chi connectivity index (χ4n) is 5.77. The first-order valence-corrected chi connectivity index (χ1v) is 9.26. The van der Waals surface area contributed by atoms with Crippen LogP contribution in [-0.4, -0.2) is 47.4 Å². The Morgan fingerprint density at radius 3 is 2.70 bits per heavy atom. The Labute approximate surface area is 156 Å². The summed E-state index contributed by atoms with van der Waals surface area (Å²) in [6, 6.07) is 2.56. The maximum absolute atomic E-state index is 13.6. The molecule has 27 heavy (non-hydrogen) atoms. The Hall–Kier alpha value is -2.41. The third-order valence-corrected chi connectivity index (χ3v) is 6.82. The van der Waals surface area contributed by atoms with E-state index >= 15 is 0 Å². The maximum Gasteiger partial charge on any atom is 0.312 e. The molecule has 5 heterocycles. The van der Waals surface area contributed by atoms with E-state index in [0.717, 1.165) is 0 Å². The molecule has 3 saturated heterocycles. The van der Waals surface area contributed by atoms with Gasteiger partial charge in [0.25, 0.3) is 0 Å². The van der Waals surface area contributed by atoms with Crippen molar-refractivity contribution < 1.29 is 28.3 Å². The lowest BCUT2D eigenvalue weighted by Gasteiger charge is -2.46. The molecule has 0 N–H and O–H groups in total. The van der Waals surface area contributed by atoms with Crippen LogP contribution in [0.4, 0.5) is 0 Å². The molecule has 7 nitrogen and oxygen atoms in total. The lowest BCUT2D eigenvalue weighted by Crippen LogP contribution is -2.58. The second kappa shape index (κ2) is 5.32. The van der Waals surface area contributed by atoms with Crippen molar-refractivity contribution in [2.24, 2.45) is 23.7 Å². The molecule has 0 aromatic carbocycles. The van der Waals surface area contributed by atoms with Gasteiger partial charge in [0.05, 0.1) is 37.5 Å². The molecule has 5 rings (SSSR count). The second-order valence-corrected chi connectivity index (χ2v) is 7.95. The van der Waals surface area contributed by atoms with Gasteiger partial charge < -0.3 is 18.8 Å². The first kappa shape index (κ1) is 16.7. The molecule has 0 unspecified atom stereocenters. The van der Waals surface area contributed by atoms with Crippen LogP contribution >= 0.6 is 0 Å². The molecule has 1 aromatic heterocycles. The SMILES string of the molecule is COC(=O)[C@@H]1[C@H]2C(=O)N3[C@H](c4ccco4)[C@H](C)C(=O)[C@H](C)[C@@H]3[C@]23C=C[C@H]1O3. The summed E-state index contributed by atoms with van der Waals surface area (Å²) < 4.78 is 16.8. The summed E-state index contributed by atoms with van der Waals surface area (Å²) in [4.78, 5) is 40.8. The number of Topliss-reactive ketones (excluding diaryl/α,β-unsaturated/α-hetero) is 1. The van der Waals surface area contributed by atoms with Gasteiger partial charge in [0.2, 0.25) is 5.91 Å². The number of rotatable bonds is 2. The van der Waals surface area contributed by atoms with E-state index in [1.807, 2.05) is 26.0 Å². The van der Waals surface area contributed by atoms with Crippen molar-refractivity contribution in [2.75, 3.05) is 7.11 Å². The van der Waals surface area contributed by atoms with Crippen molar-refractivity contribution in [2.45, 2.75) is 37.6 Å². The van der Waals surface area contributed by atoms with Crippen molar-refractivity contribution in [1.82, 2.24) is 4.90 Å². The average molecular weight is 371 g/mol. The van der Waals surface area contributed by atoms with E-state index in [4.69, 9.17) is 13.9 Å². The largest absolute Gasteiger partial charge is 0.469 e. The van der Waals surface area contributed by atoms with Crippen LogP contribution < -0.4 is 0 Å². The molecule has 0 radical (unpaired) electrons. The third-order valence-electron chi connectivity index (χ3n) is 6.82. The van der Waals surface area contributed by atoms with Gasteiger partial charge in [-0.15, -0.1) is 0 Å². The number of furan rings is 1. The lowest BCUT2D eigenvalue weighted by molar-refractivity contribution is -0.157. The number of hydrogen-bond donors (Lipinski definition) is 0. The zero-order valence-electron chi connectivity index (χ0n) is 15.3. The van der Waals surface area contributed by atoms with Crippen LogP contribution in [0, 0.1) is 23.7 Å². The molecule has 1 amide bonds. The standard InChI is InChI=1S/C20H21NO6/c1-9-15(12-5-4-8-26-12)21-17(10(2)16(9)22)20-7-6-11(27-20)13(19(24)25-3)14(20)18(21)23/h4-11,13-15,17H,1-3H3/t9-,10-,11+,13-,14-,15-,17+,20-/m0/s1. The third kappa shape index (κ3) is 1.83. The van der Waals surface area contributed by atoms with Crippen molar-refractivity contribution in [1.29, 1.82) is 0 Å². The second-order valence-electron chi connectivity index (χ2n) is 7.95. The van der Waals surface area contributed by atoms with E-state index < -0.39 is 53.4 Å². The number of ketones is 1. The predicted octanol–water partition coefficient (Wildman–Crippen LogP) is 1.50. The summed E-state index contributed by atoms with van der Waals surface area (Å²) in [5, 5.41) is 0. The van der Waals surface area contributed by atoms with E-state index in [-0.39, 0.29) is 11.7 Å². The molecule has 1 aromatic rings. The van der Waals surface area contributed by atoms with E-state index in [9.17, 15) is 14.4 Å². The van der Waals surface area contributed by atoms with Crippen molar-refractivity contribution in [3.05, 3.63) is 36.3 Å². The molecule has 4 aliphatic rings. The summed E-state index contributed by atoms with van der Waals surface area (Å²) in [5.74, 6) is -2.15. The van der Waals surface area contributed by atoms with Crippen LogP contribution in [0.15, 0.2) is 35.0 Å². The van der Waals surface area contributed by atoms with Gasteiger partial charge in [-0.1, -0.05) is 26.0 Å². The lowest BCUT2D eigenvalue weighted by atomic mass is 9.69. The summed E-state index contributed by atoms with van der Waals surface area (Å²) in [7, 11) is 1.32. The Balaban J connectivity index is 1.67. The van der Waals surface area contributed by atoms with E-state index in [1.54, 1.807) is 23.3 Å². The molecular weight excluding hydrogens is 350 g/mol. The predicted molar refractivity (Wildman–Crippen MR) is 91.2 cm³/mol. The Morgan fingerprint density at radius 1 is 1.26 bits per heavy atom. The van der Waals surface area contributed by atoms with Gasteiger partial charge in [0.15, 0.2) is 0 Å². The molecule has 0 saturated carbocycles. The molecule has 1 spiro atoms. The summed E-state index contributed by atoms with van der Waals surface area (Å²) in [6.07, 6.45) is 4.76. The van der Waals surface area contributed by atoms with Gasteiger partial charge in [-0.25, -0.2) is 0 Å². The number of fused-ring (bicyclic) bond motifs is 2. The molecular formula is C20H21NO6. The Morgan fingerprint density at radius 2 is 2.04 bits per heavy atom. The van der Waals surface area contributed by atoms with Gasteiger partial charge in [0, 0.05) is 11.8 Å². The zero-order chi connectivity index (χ0) is 19.1. The Kier molecular flexibility index (Phi) is 3.30. The number of ether oxygens (including phenoxy) is 2. The molecule has 4 aliphatic heterocycles. The number of piperidine rings is 1. The van der Waals surface area contributed by atoms with Crippen LogP contribution in [0.1, 0.15) is 25.6 Å². The van der Waals surface area contributed by atoms with Gasteiger partial charge in [0.1, 0.15) is 23.1 Å². The van der Waals surface area contributed by atoms with Gasteiger partial charge in [-0.2, -0.15) is 0 Å². The number of nitrogens with zero attached hydrogens (tertiary/aromatic N) is 1. The number of hydrogen-bond acceptors (Lipinski definition) is 6. The van der Waals surface area contributed by atoms with Crippen molar-refractivity contribution >= 4 is 17.7 Å². The molecule has 142 valence electrons. The smallest absolute Gasteiger partial charge is 0.312 e. The molecule has 7 heteroatoms. The maximum atomic E-state index is 13.6. The fraction of sp³-hybridized carbons (Fsp3) is 0.550. The van der Waals surface area contributed by atoms with Crippen LogP contribution in [0.25, 0.3) is 0 Å².